The summed E-state index contributed by atoms with van der Waals surface area (Å²) < 4.78 is 36.0. The summed E-state index contributed by atoms with van der Waals surface area (Å²) in [6.45, 7) is 0. The van der Waals surface area contributed by atoms with Crippen LogP contribution in [0.2, 0.25) is 0 Å². The molecule has 10 nitrogen and oxygen atoms in total. The number of nitrogens with zero attached hydrogens (tertiary/aromatic N) is 2. The average molecular weight is 681 g/mol. The molecule has 1 unspecified atom stereocenters. The summed E-state index contributed by atoms with van der Waals surface area (Å²) in [5, 5.41) is 3.47. The number of carbonyl (C=O) groups is 2. The van der Waals surface area contributed by atoms with Crippen molar-refractivity contribution in [1.29, 1.82) is 0 Å². The van der Waals surface area contributed by atoms with Gasteiger partial charge in [0.25, 0.3) is 5.91 Å². The number of carbonyl (C=O) groups excluding carboxylic acids is 2. The molecule has 2 aromatic heterocycles. The summed E-state index contributed by atoms with van der Waals surface area (Å²) in [7, 11) is -2.01. The molecule has 49 heavy (non-hydrogen) atoms. The van der Waals surface area contributed by atoms with E-state index in [0.29, 0.717) is 40.0 Å². The second kappa shape index (κ2) is 12.2. The van der Waals surface area contributed by atoms with Gasteiger partial charge in [-0.2, -0.15) is 0 Å². The molecule has 0 saturated heterocycles. The molecule has 2 aromatic carbocycles. The number of hydrogen-bond donors (Lipinski definition) is 2. The molecule has 0 spiro atoms. The third kappa shape index (κ3) is 5.86. The first-order valence-electron chi connectivity index (χ1n) is 17.2. The van der Waals surface area contributed by atoms with Gasteiger partial charge < -0.3 is 10.1 Å². The molecule has 8 rings (SSSR count). The molecular formula is C38H40N4O6S. The second-order valence-electron chi connectivity index (χ2n) is 14.5. The molecule has 0 radical (unpaired) electrons. The standard InChI is InChI=1S/C38H40N4O6S/c1-48-37(45)33-31(34(43)29-8-5-17-39-35(29)42(33)27-6-3-2-4-7-27)19-23-9-11-25(12-10-23)36(44)40-32-15-16-38(41-49(46,47)28-13-14-28)21-24-18-26(22-38)30(32)20-24/h2-12,17,24,26,28,30,32,41H,13-16,18-22H2,1H3,(H,40,44)/t24-,26?,30+,32-,38+/m1/s1. The normalized spacial score (nSPS) is 26.0. The number of ether oxygens (including phenoxy) is 1. The molecule has 4 saturated carbocycles. The first-order valence-corrected chi connectivity index (χ1v) is 18.8. The average Bonchev–Trinajstić information content (AvgIpc) is 3.93. The maximum Gasteiger partial charge on any atom is 0.355 e. The zero-order valence-electron chi connectivity index (χ0n) is 27.4. The predicted octanol–water partition coefficient (Wildman–Crippen LogP) is 4.91. The molecular weight excluding hydrogens is 641 g/mol. The molecule has 4 fully saturated rings. The fourth-order valence-corrected chi connectivity index (χ4v) is 10.8. The van der Waals surface area contributed by atoms with E-state index in [0.717, 1.165) is 56.9 Å². The maximum absolute atomic E-state index is 13.9. The Labute approximate surface area is 285 Å². The highest BCUT2D eigenvalue weighted by Crippen LogP contribution is 2.55. The number of methoxy groups -OCH3 is 1. The van der Waals surface area contributed by atoms with Crippen molar-refractivity contribution in [2.45, 2.75) is 74.6 Å². The molecule has 1 amide bonds. The third-order valence-electron chi connectivity index (χ3n) is 11.3. The van der Waals surface area contributed by atoms with Crippen molar-refractivity contribution in [3.63, 3.8) is 0 Å². The van der Waals surface area contributed by atoms with Crippen LogP contribution >= 0.6 is 0 Å². The molecule has 5 atom stereocenters. The van der Waals surface area contributed by atoms with Gasteiger partial charge in [-0.25, -0.2) is 22.9 Å². The van der Waals surface area contributed by atoms with Gasteiger partial charge >= 0.3 is 5.97 Å². The van der Waals surface area contributed by atoms with E-state index in [1.807, 2.05) is 42.5 Å². The molecule has 4 aromatic rings. The first kappa shape index (κ1) is 31.9. The van der Waals surface area contributed by atoms with Crippen molar-refractivity contribution < 1.29 is 22.7 Å². The number of fused-ring (bicyclic) bond motifs is 3. The Hall–Kier alpha value is -4.35. The summed E-state index contributed by atoms with van der Waals surface area (Å²) in [6.07, 6.45) is 8.57. The molecule has 4 aliphatic carbocycles. The number of esters is 1. The number of benzene rings is 2. The van der Waals surface area contributed by atoms with Gasteiger partial charge in [0.05, 0.1) is 17.7 Å². The zero-order valence-corrected chi connectivity index (χ0v) is 28.2. The fourth-order valence-electron chi connectivity index (χ4n) is 9.03. The summed E-state index contributed by atoms with van der Waals surface area (Å²) in [4.78, 5) is 45.3. The Bertz CT molecular complexity index is 2110. The van der Waals surface area contributed by atoms with Crippen molar-refractivity contribution in [3.8, 4) is 5.69 Å². The largest absolute Gasteiger partial charge is 0.464 e. The number of aromatic nitrogens is 2. The minimum atomic E-state index is -3.30. The van der Waals surface area contributed by atoms with E-state index < -0.39 is 21.5 Å². The minimum Gasteiger partial charge on any atom is -0.464 e. The van der Waals surface area contributed by atoms with E-state index in [1.54, 1.807) is 35.0 Å². The van der Waals surface area contributed by atoms with Gasteiger partial charge in [0.15, 0.2) is 5.43 Å². The number of hydrogen-bond acceptors (Lipinski definition) is 7. The van der Waals surface area contributed by atoms with Crippen LogP contribution < -0.4 is 15.5 Å². The lowest BCUT2D eigenvalue weighted by Gasteiger charge is -2.40. The Morgan fingerprint density at radius 1 is 0.980 bits per heavy atom. The van der Waals surface area contributed by atoms with Crippen LogP contribution in [0.5, 0.6) is 0 Å². The highest BCUT2D eigenvalue weighted by Gasteiger charge is 2.55. The first-order chi connectivity index (χ1) is 23.6. The number of sulfonamides is 1. The van der Waals surface area contributed by atoms with Crippen molar-refractivity contribution in [1.82, 2.24) is 19.6 Å². The zero-order chi connectivity index (χ0) is 33.9. The van der Waals surface area contributed by atoms with Crippen LogP contribution in [0.25, 0.3) is 16.7 Å². The SMILES string of the molecule is COC(=O)c1c(Cc2ccc(C(=O)N[C@@H]3CC[C@@]4(NS(=O)(=O)C5CC5)CC5C[C@H](C[C@@H]53)C4)cc2)c(=O)c2cccnc2n1-c1ccccc1. The number of amides is 1. The summed E-state index contributed by atoms with van der Waals surface area (Å²) >= 11 is 0. The van der Waals surface area contributed by atoms with Crippen LogP contribution in [0, 0.1) is 17.8 Å². The van der Waals surface area contributed by atoms with E-state index in [4.69, 9.17) is 4.74 Å². The summed E-state index contributed by atoms with van der Waals surface area (Å²) in [5.41, 5.74) is 2.00. The van der Waals surface area contributed by atoms with Gasteiger partial charge in [0.2, 0.25) is 10.0 Å². The highest BCUT2D eigenvalue weighted by molar-refractivity contribution is 7.90. The van der Waals surface area contributed by atoms with Crippen LogP contribution in [0.4, 0.5) is 0 Å². The van der Waals surface area contributed by atoms with Crippen LogP contribution in [0.3, 0.4) is 0 Å². The van der Waals surface area contributed by atoms with Gasteiger partial charge in [0, 0.05) is 41.0 Å². The van der Waals surface area contributed by atoms with Crippen LogP contribution in [0.1, 0.15) is 83.3 Å². The number of para-hydroxylation sites is 1. The van der Waals surface area contributed by atoms with E-state index in [-0.39, 0.29) is 40.3 Å². The van der Waals surface area contributed by atoms with E-state index in [1.165, 1.54) is 7.11 Å². The topological polar surface area (TPSA) is 136 Å². The Balaban J connectivity index is 1.04. The molecule has 0 aliphatic heterocycles. The summed E-state index contributed by atoms with van der Waals surface area (Å²) in [5.74, 6) is 0.416. The van der Waals surface area contributed by atoms with E-state index in [9.17, 15) is 22.8 Å². The third-order valence-corrected chi connectivity index (χ3v) is 13.4. The van der Waals surface area contributed by atoms with Crippen molar-refractivity contribution in [2.75, 3.05) is 7.11 Å². The van der Waals surface area contributed by atoms with Crippen molar-refractivity contribution in [3.05, 3.63) is 106 Å². The smallest absolute Gasteiger partial charge is 0.355 e. The molecule has 3 bridgehead atoms. The minimum absolute atomic E-state index is 0.0138. The van der Waals surface area contributed by atoms with Gasteiger partial charge in [-0.15, -0.1) is 0 Å². The van der Waals surface area contributed by atoms with E-state index >= 15 is 0 Å². The molecule has 4 aliphatic rings. The lowest BCUT2D eigenvalue weighted by atomic mass is 9.74. The Kier molecular flexibility index (Phi) is 7.94. The summed E-state index contributed by atoms with van der Waals surface area (Å²) in [6, 6.07) is 19.8. The van der Waals surface area contributed by atoms with Gasteiger partial charge in [-0.1, -0.05) is 30.3 Å². The molecule has 2 N–H and O–H groups in total. The van der Waals surface area contributed by atoms with Gasteiger partial charge in [-0.3, -0.25) is 14.2 Å². The lowest BCUT2D eigenvalue weighted by molar-refractivity contribution is 0.0589. The Morgan fingerprint density at radius 2 is 1.76 bits per heavy atom. The predicted molar refractivity (Wildman–Crippen MR) is 185 cm³/mol. The molecule has 11 heteroatoms. The number of pyridine rings is 2. The van der Waals surface area contributed by atoms with Crippen LogP contribution in [-0.2, 0) is 21.2 Å². The van der Waals surface area contributed by atoms with Crippen LogP contribution in [0.15, 0.2) is 77.7 Å². The lowest BCUT2D eigenvalue weighted by Crippen LogP contribution is -2.52. The van der Waals surface area contributed by atoms with E-state index in [2.05, 4.69) is 15.0 Å². The van der Waals surface area contributed by atoms with Gasteiger partial charge in [-0.05, 0) is 111 Å². The monoisotopic (exact) mass is 680 g/mol. The maximum atomic E-state index is 13.9. The number of nitrogens with one attached hydrogen (secondary N) is 2. The second-order valence-corrected chi connectivity index (χ2v) is 16.4. The molecule has 254 valence electrons. The molecule has 2 heterocycles. The highest BCUT2D eigenvalue weighted by atomic mass is 32.2. The van der Waals surface area contributed by atoms with Crippen molar-refractivity contribution >= 4 is 32.9 Å². The number of rotatable bonds is 9. The fraction of sp³-hybridized carbons (Fsp3) is 0.421. The Morgan fingerprint density at radius 3 is 2.49 bits per heavy atom. The van der Waals surface area contributed by atoms with Crippen LogP contribution in [-0.4, -0.2) is 53.8 Å². The quantitative estimate of drug-likeness (QED) is 0.240. The van der Waals surface area contributed by atoms with Gasteiger partial charge in [0.1, 0.15) is 11.3 Å². The van der Waals surface area contributed by atoms with Crippen molar-refractivity contribution in [2.24, 2.45) is 17.8 Å².